The summed E-state index contributed by atoms with van der Waals surface area (Å²) in [5.74, 6) is 0.649. The summed E-state index contributed by atoms with van der Waals surface area (Å²) in [6, 6.07) is 9.43. The Kier molecular flexibility index (Phi) is 4.18. The van der Waals surface area contributed by atoms with Crippen LogP contribution in [0.25, 0.3) is 0 Å². The quantitative estimate of drug-likeness (QED) is 0.922. The van der Waals surface area contributed by atoms with Crippen molar-refractivity contribution in [1.29, 1.82) is 0 Å². The summed E-state index contributed by atoms with van der Waals surface area (Å²) < 4.78 is 5.19. The van der Waals surface area contributed by atoms with Gasteiger partial charge in [-0.25, -0.2) is 0 Å². The molecule has 0 spiro atoms. The molecule has 0 aliphatic heterocycles. The Bertz CT molecular complexity index is 516. The van der Waals surface area contributed by atoms with Crippen molar-refractivity contribution >= 4 is 11.6 Å². The number of pyridine rings is 1. The molecule has 18 heavy (non-hydrogen) atoms. The number of nitrogens with zero attached hydrogens (tertiary/aromatic N) is 1. The number of ether oxygens (including phenoxy) is 1. The van der Waals surface area contributed by atoms with Crippen LogP contribution in [0.1, 0.15) is 17.2 Å². The van der Waals surface area contributed by atoms with E-state index in [1.165, 1.54) is 0 Å². The summed E-state index contributed by atoms with van der Waals surface area (Å²) in [6.07, 6.45) is 4.31. The van der Waals surface area contributed by atoms with E-state index in [1.54, 1.807) is 19.4 Å². The molecule has 0 amide bonds. The van der Waals surface area contributed by atoms with Crippen LogP contribution in [0.5, 0.6) is 5.75 Å². The standard InChI is InChI=1S/C14H15ClN2O/c1-18-14-8-11(4-5-12(14)15)13(16)7-10-3-2-6-17-9-10/h2-6,8-9,13H,7,16H2,1H3. The van der Waals surface area contributed by atoms with Crippen LogP contribution in [0, 0.1) is 0 Å². The number of aromatic nitrogens is 1. The highest BCUT2D eigenvalue weighted by atomic mass is 35.5. The summed E-state index contributed by atoms with van der Waals surface area (Å²) in [5.41, 5.74) is 8.28. The van der Waals surface area contributed by atoms with E-state index in [0.717, 1.165) is 17.5 Å². The van der Waals surface area contributed by atoms with Gasteiger partial charge in [-0.2, -0.15) is 0 Å². The predicted molar refractivity (Wildman–Crippen MR) is 72.9 cm³/mol. The van der Waals surface area contributed by atoms with E-state index in [9.17, 15) is 0 Å². The highest BCUT2D eigenvalue weighted by Gasteiger charge is 2.10. The maximum absolute atomic E-state index is 6.17. The smallest absolute Gasteiger partial charge is 0.137 e. The van der Waals surface area contributed by atoms with E-state index in [2.05, 4.69) is 4.98 Å². The Labute approximate surface area is 112 Å². The monoisotopic (exact) mass is 262 g/mol. The van der Waals surface area contributed by atoms with Gasteiger partial charge in [-0.15, -0.1) is 0 Å². The van der Waals surface area contributed by atoms with Crippen LogP contribution in [0.4, 0.5) is 0 Å². The highest BCUT2D eigenvalue weighted by Crippen LogP contribution is 2.28. The molecule has 1 unspecified atom stereocenters. The van der Waals surface area contributed by atoms with Crippen molar-refractivity contribution in [2.75, 3.05) is 7.11 Å². The van der Waals surface area contributed by atoms with Gasteiger partial charge in [-0.1, -0.05) is 23.7 Å². The second kappa shape index (κ2) is 5.85. The molecule has 0 saturated heterocycles. The minimum absolute atomic E-state index is 0.0969. The van der Waals surface area contributed by atoms with Crippen LogP contribution in [0.3, 0.4) is 0 Å². The van der Waals surface area contributed by atoms with Gasteiger partial charge in [0.1, 0.15) is 5.75 Å². The van der Waals surface area contributed by atoms with Gasteiger partial charge in [0, 0.05) is 18.4 Å². The van der Waals surface area contributed by atoms with Crippen molar-refractivity contribution in [3.05, 3.63) is 58.9 Å². The van der Waals surface area contributed by atoms with Crippen molar-refractivity contribution in [2.45, 2.75) is 12.5 Å². The molecule has 0 bridgehead atoms. The first-order valence-corrected chi connectivity index (χ1v) is 6.06. The molecule has 1 heterocycles. The zero-order valence-electron chi connectivity index (χ0n) is 10.1. The number of methoxy groups -OCH3 is 1. The van der Waals surface area contributed by atoms with Crippen LogP contribution < -0.4 is 10.5 Å². The first kappa shape index (κ1) is 12.9. The third-order valence-corrected chi connectivity index (χ3v) is 3.09. The van der Waals surface area contributed by atoms with Gasteiger partial charge in [-0.05, 0) is 35.7 Å². The van der Waals surface area contributed by atoms with Gasteiger partial charge >= 0.3 is 0 Å². The van der Waals surface area contributed by atoms with Crippen molar-refractivity contribution < 1.29 is 4.74 Å². The van der Waals surface area contributed by atoms with Gasteiger partial charge in [0.25, 0.3) is 0 Å². The van der Waals surface area contributed by atoms with E-state index in [-0.39, 0.29) is 6.04 Å². The molecule has 2 aromatic rings. The number of rotatable bonds is 4. The molecule has 0 saturated carbocycles. The Morgan fingerprint density at radius 3 is 2.89 bits per heavy atom. The normalized spacial score (nSPS) is 12.2. The summed E-state index contributed by atoms with van der Waals surface area (Å²) in [6.45, 7) is 0. The SMILES string of the molecule is COc1cc(C(N)Cc2cccnc2)ccc1Cl. The van der Waals surface area contributed by atoms with E-state index < -0.39 is 0 Å². The molecule has 1 atom stereocenters. The van der Waals surface area contributed by atoms with Crippen molar-refractivity contribution in [2.24, 2.45) is 5.73 Å². The average molecular weight is 263 g/mol. The highest BCUT2D eigenvalue weighted by molar-refractivity contribution is 6.32. The maximum Gasteiger partial charge on any atom is 0.137 e. The van der Waals surface area contributed by atoms with Gasteiger partial charge < -0.3 is 10.5 Å². The number of hydrogen-bond acceptors (Lipinski definition) is 3. The third kappa shape index (κ3) is 3.00. The van der Waals surface area contributed by atoms with Crippen LogP contribution in [-0.4, -0.2) is 12.1 Å². The molecule has 1 aromatic carbocycles. The Morgan fingerprint density at radius 1 is 1.39 bits per heavy atom. The minimum atomic E-state index is -0.0969. The maximum atomic E-state index is 6.17. The van der Waals surface area contributed by atoms with Crippen LogP contribution >= 0.6 is 11.6 Å². The zero-order chi connectivity index (χ0) is 13.0. The summed E-state index contributed by atoms with van der Waals surface area (Å²) in [4.78, 5) is 4.08. The van der Waals surface area contributed by atoms with Crippen LogP contribution in [0.2, 0.25) is 5.02 Å². The van der Waals surface area contributed by atoms with E-state index in [1.807, 2.05) is 30.5 Å². The van der Waals surface area contributed by atoms with Crippen LogP contribution in [-0.2, 0) is 6.42 Å². The molecular formula is C14H15ClN2O. The van der Waals surface area contributed by atoms with E-state index >= 15 is 0 Å². The van der Waals surface area contributed by atoms with Gasteiger partial charge in [-0.3, -0.25) is 4.98 Å². The van der Waals surface area contributed by atoms with Gasteiger partial charge in [0.05, 0.1) is 12.1 Å². The minimum Gasteiger partial charge on any atom is -0.495 e. The zero-order valence-corrected chi connectivity index (χ0v) is 10.9. The first-order valence-electron chi connectivity index (χ1n) is 5.68. The van der Waals surface area contributed by atoms with Gasteiger partial charge in [0.2, 0.25) is 0 Å². The summed E-state index contributed by atoms with van der Waals surface area (Å²) in [7, 11) is 1.59. The Morgan fingerprint density at radius 2 is 2.22 bits per heavy atom. The lowest BCUT2D eigenvalue weighted by molar-refractivity contribution is 0.414. The molecule has 0 aliphatic rings. The largest absolute Gasteiger partial charge is 0.495 e. The van der Waals surface area contributed by atoms with Crippen molar-refractivity contribution in [3.63, 3.8) is 0 Å². The fourth-order valence-corrected chi connectivity index (χ4v) is 1.99. The third-order valence-electron chi connectivity index (χ3n) is 2.78. The fourth-order valence-electron chi connectivity index (χ4n) is 1.80. The van der Waals surface area contributed by atoms with E-state index in [4.69, 9.17) is 22.1 Å². The van der Waals surface area contributed by atoms with Crippen molar-refractivity contribution in [3.8, 4) is 5.75 Å². The predicted octanol–water partition coefficient (Wildman–Crippen LogP) is 2.99. The molecular weight excluding hydrogens is 248 g/mol. The Balaban J connectivity index is 2.16. The molecule has 4 heteroatoms. The first-order chi connectivity index (χ1) is 8.70. The molecule has 0 radical (unpaired) electrons. The molecule has 94 valence electrons. The molecule has 0 aliphatic carbocycles. The number of benzene rings is 1. The molecule has 2 N–H and O–H groups in total. The van der Waals surface area contributed by atoms with E-state index in [0.29, 0.717) is 10.8 Å². The van der Waals surface area contributed by atoms with Crippen molar-refractivity contribution in [1.82, 2.24) is 4.98 Å². The topological polar surface area (TPSA) is 48.1 Å². The summed E-state index contributed by atoms with van der Waals surface area (Å²) in [5, 5.41) is 0.592. The number of halogens is 1. The number of hydrogen-bond donors (Lipinski definition) is 1. The molecule has 3 nitrogen and oxygen atoms in total. The lowest BCUT2D eigenvalue weighted by Crippen LogP contribution is -2.13. The lowest BCUT2D eigenvalue weighted by Gasteiger charge is -2.13. The van der Waals surface area contributed by atoms with Crippen LogP contribution in [0.15, 0.2) is 42.7 Å². The molecule has 2 rings (SSSR count). The second-order valence-electron chi connectivity index (χ2n) is 4.07. The fraction of sp³-hybridized carbons (Fsp3) is 0.214. The molecule has 1 aromatic heterocycles. The summed E-state index contributed by atoms with van der Waals surface area (Å²) >= 11 is 5.99. The molecule has 0 fully saturated rings. The van der Waals surface area contributed by atoms with Gasteiger partial charge in [0.15, 0.2) is 0 Å². The Hall–Kier alpha value is -1.58. The average Bonchev–Trinajstić information content (AvgIpc) is 2.40. The lowest BCUT2D eigenvalue weighted by atomic mass is 10.0. The number of nitrogens with two attached hydrogens (primary N) is 1. The second-order valence-corrected chi connectivity index (χ2v) is 4.47.